The number of aromatic nitrogens is 2. The van der Waals surface area contributed by atoms with E-state index in [-0.39, 0.29) is 11.7 Å². The van der Waals surface area contributed by atoms with Crippen LogP contribution in [0.4, 0.5) is 25.8 Å². The Morgan fingerprint density at radius 2 is 1.76 bits per heavy atom. The summed E-state index contributed by atoms with van der Waals surface area (Å²) in [4.78, 5) is 27.8. The van der Waals surface area contributed by atoms with E-state index < -0.39 is 28.8 Å². The molecule has 10 heteroatoms. The van der Waals surface area contributed by atoms with E-state index in [9.17, 15) is 18.4 Å². The van der Waals surface area contributed by atoms with Gasteiger partial charge in [-0.1, -0.05) is 6.07 Å². The number of carbonyl (C=O) groups is 1. The number of nitrogens with one attached hydrogen (secondary N) is 3. The number of halogens is 2. The molecule has 0 radical (unpaired) electrons. The average Bonchev–Trinajstić information content (AvgIpc) is 3.49. The molecular weight excluding hydrogens is 478 g/mol. The molecule has 1 saturated heterocycles. The van der Waals surface area contributed by atoms with Crippen molar-refractivity contribution in [1.29, 1.82) is 5.41 Å². The molecule has 1 aliphatic carbocycles. The number of hydrogen-bond donors (Lipinski definition) is 3. The van der Waals surface area contributed by atoms with Crippen molar-refractivity contribution in [3.8, 4) is 5.69 Å². The van der Waals surface area contributed by atoms with Crippen molar-refractivity contribution in [3.05, 3.63) is 75.7 Å². The summed E-state index contributed by atoms with van der Waals surface area (Å²) in [6.07, 6.45) is 4.69. The van der Waals surface area contributed by atoms with E-state index >= 15 is 0 Å². The van der Waals surface area contributed by atoms with Gasteiger partial charge >= 0.3 is 0 Å². The Labute approximate surface area is 212 Å². The van der Waals surface area contributed by atoms with Crippen molar-refractivity contribution in [2.45, 2.75) is 39.2 Å². The largest absolute Gasteiger partial charge is 0.382 e. The minimum atomic E-state index is -0.971. The average molecular weight is 507 g/mol. The Balaban J connectivity index is 1.53. The fourth-order valence-electron chi connectivity index (χ4n) is 4.91. The van der Waals surface area contributed by atoms with Crippen molar-refractivity contribution in [1.82, 2.24) is 9.78 Å². The predicted octanol–water partition coefficient (Wildman–Crippen LogP) is 4.57. The van der Waals surface area contributed by atoms with Gasteiger partial charge in [-0.15, -0.1) is 0 Å². The Morgan fingerprint density at radius 1 is 1.05 bits per heavy atom. The number of benzene rings is 2. The van der Waals surface area contributed by atoms with Gasteiger partial charge in [0.2, 0.25) is 0 Å². The normalized spacial score (nSPS) is 15.8. The van der Waals surface area contributed by atoms with Gasteiger partial charge in [0.1, 0.15) is 11.4 Å². The summed E-state index contributed by atoms with van der Waals surface area (Å²) < 4.78 is 29.2. The summed E-state index contributed by atoms with van der Waals surface area (Å²) in [6, 6.07) is 9.20. The van der Waals surface area contributed by atoms with Crippen LogP contribution in [0.25, 0.3) is 5.69 Å². The predicted molar refractivity (Wildman–Crippen MR) is 139 cm³/mol. The molecule has 0 atom stereocenters. The van der Waals surface area contributed by atoms with Crippen LogP contribution < -0.4 is 21.1 Å². The molecule has 0 unspecified atom stereocenters. The highest BCUT2D eigenvalue weighted by Crippen LogP contribution is 2.54. The first kappa shape index (κ1) is 24.6. The summed E-state index contributed by atoms with van der Waals surface area (Å²) in [5.74, 6) is -2.59. The van der Waals surface area contributed by atoms with Crippen LogP contribution in [0.1, 0.15) is 49.2 Å². The highest BCUT2D eigenvalue weighted by atomic mass is 19.1. The van der Waals surface area contributed by atoms with E-state index in [0.29, 0.717) is 21.3 Å². The zero-order valence-electron chi connectivity index (χ0n) is 20.6. The maximum Gasteiger partial charge on any atom is 0.276 e. The number of para-hydroxylation sites is 1. The minimum absolute atomic E-state index is 0.143. The topological polar surface area (TPSA) is 103 Å². The molecule has 37 heavy (non-hydrogen) atoms. The van der Waals surface area contributed by atoms with Crippen molar-refractivity contribution in [2.24, 2.45) is 5.41 Å². The second-order valence-corrected chi connectivity index (χ2v) is 10.0. The third-order valence-corrected chi connectivity index (χ3v) is 6.95. The monoisotopic (exact) mass is 506 g/mol. The Morgan fingerprint density at radius 3 is 2.38 bits per heavy atom. The number of amides is 1. The van der Waals surface area contributed by atoms with E-state index in [1.165, 1.54) is 31.2 Å². The Bertz CT molecular complexity index is 1430. The van der Waals surface area contributed by atoms with Gasteiger partial charge in [-0.2, -0.15) is 9.78 Å². The maximum atomic E-state index is 14.3. The summed E-state index contributed by atoms with van der Waals surface area (Å²) in [5, 5.41) is 18.3. The van der Waals surface area contributed by atoms with Gasteiger partial charge in [0.05, 0.1) is 11.4 Å². The van der Waals surface area contributed by atoms with Crippen LogP contribution in [0.15, 0.2) is 47.3 Å². The van der Waals surface area contributed by atoms with E-state index in [0.717, 1.165) is 49.1 Å². The summed E-state index contributed by atoms with van der Waals surface area (Å²) in [5.41, 5.74) is 1.38. The summed E-state index contributed by atoms with van der Waals surface area (Å²) >= 11 is 0. The minimum Gasteiger partial charge on any atom is -0.382 e. The molecule has 1 spiro atoms. The van der Waals surface area contributed by atoms with Gasteiger partial charge in [-0.25, -0.2) is 8.78 Å². The first-order valence-electron chi connectivity index (χ1n) is 12.3. The molecule has 1 amide bonds. The number of anilines is 3. The molecule has 1 aromatic heterocycles. The second kappa shape index (κ2) is 9.42. The first-order chi connectivity index (χ1) is 17.7. The van der Waals surface area contributed by atoms with Crippen LogP contribution in [0.3, 0.4) is 0 Å². The van der Waals surface area contributed by atoms with E-state index in [1.54, 1.807) is 6.07 Å². The molecule has 1 saturated carbocycles. The van der Waals surface area contributed by atoms with Crippen LogP contribution in [0.5, 0.6) is 0 Å². The van der Waals surface area contributed by atoms with Crippen molar-refractivity contribution in [3.63, 3.8) is 0 Å². The highest BCUT2D eigenvalue weighted by Gasteiger charge is 2.48. The fourth-order valence-corrected chi connectivity index (χ4v) is 4.91. The molecule has 2 aliphatic rings. The highest BCUT2D eigenvalue weighted by molar-refractivity contribution is 6.08. The zero-order valence-corrected chi connectivity index (χ0v) is 20.6. The van der Waals surface area contributed by atoms with Crippen LogP contribution >= 0.6 is 0 Å². The Kier molecular flexibility index (Phi) is 6.26. The lowest BCUT2D eigenvalue weighted by molar-refractivity contribution is 0.102. The van der Waals surface area contributed by atoms with E-state index in [1.807, 2.05) is 19.9 Å². The summed E-state index contributed by atoms with van der Waals surface area (Å²) in [6.45, 7) is 5.68. The molecule has 2 heterocycles. The number of rotatable bonds is 7. The van der Waals surface area contributed by atoms with Crippen molar-refractivity contribution in [2.75, 3.05) is 28.6 Å². The van der Waals surface area contributed by atoms with Gasteiger partial charge in [0.25, 0.3) is 11.5 Å². The van der Waals surface area contributed by atoms with Gasteiger partial charge in [-0.05, 0) is 68.9 Å². The Hall–Kier alpha value is -4.08. The molecule has 5 rings (SSSR count). The van der Waals surface area contributed by atoms with Gasteiger partial charge in [-0.3, -0.25) is 9.59 Å². The van der Waals surface area contributed by atoms with E-state index in [2.05, 4.69) is 20.6 Å². The molecular formula is C27H28F2N6O2. The molecule has 0 bridgehead atoms. The standard InChI is InChI=1S/C27H28F2N6O2/c1-16(2)31-20-6-7-21(24(17(20)14-30)34-13-12-27(15-34)10-11-27)32-26(37)22-8-9-23(36)35(33-22)25-18(28)4-3-5-19(25)29/h3-9,14,16,30-31H,10-13,15H2,1-2H3,(H,32,37). The molecule has 192 valence electrons. The molecule has 8 nitrogen and oxygen atoms in total. The lowest BCUT2D eigenvalue weighted by atomic mass is 10.1. The lowest BCUT2D eigenvalue weighted by Crippen LogP contribution is -2.28. The fraction of sp³-hybridized carbons (Fsp3) is 0.333. The quantitative estimate of drug-likeness (QED) is 0.408. The molecule has 1 aliphatic heterocycles. The first-order valence-corrected chi connectivity index (χ1v) is 12.3. The number of hydrogen-bond acceptors (Lipinski definition) is 6. The number of nitrogens with zero attached hydrogens (tertiary/aromatic N) is 3. The molecule has 2 aromatic carbocycles. The molecule has 3 N–H and O–H groups in total. The van der Waals surface area contributed by atoms with Crippen molar-refractivity contribution >= 4 is 29.2 Å². The smallest absolute Gasteiger partial charge is 0.276 e. The van der Waals surface area contributed by atoms with Crippen LogP contribution in [-0.4, -0.2) is 41.0 Å². The van der Waals surface area contributed by atoms with Gasteiger partial charge < -0.3 is 20.9 Å². The maximum absolute atomic E-state index is 14.3. The van der Waals surface area contributed by atoms with Crippen LogP contribution in [0.2, 0.25) is 0 Å². The van der Waals surface area contributed by atoms with E-state index in [4.69, 9.17) is 5.41 Å². The zero-order chi connectivity index (χ0) is 26.3. The number of carbonyl (C=O) groups excluding carboxylic acids is 1. The van der Waals surface area contributed by atoms with Crippen molar-refractivity contribution < 1.29 is 13.6 Å². The third kappa shape index (κ3) is 4.71. The molecule has 2 fully saturated rings. The van der Waals surface area contributed by atoms with Crippen LogP contribution in [0, 0.1) is 22.5 Å². The lowest BCUT2D eigenvalue weighted by Gasteiger charge is -2.27. The SMILES string of the molecule is CC(C)Nc1ccc(NC(=O)c2ccc(=O)n(-c3c(F)cccc3F)n2)c(N2CCC3(CC3)C2)c1C=N. The summed E-state index contributed by atoms with van der Waals surface area (Å²) in [7, 11) is 0. The second-order valence-electron chi connectivity index (χ2n) is 10.0. The van der Waals surface area contributed by atoms with Gasteiger partial charge in [0, 0.05) is 42.7 Å². The third-order valence-electron chi connectivity index (χ3n) is 6.95. The van der Waals surface area contributed by atoms with Crippen LogP contribution in [-0.2, 0) is 0 Å². The molecule has 3 aromatic rings. The van der Waals surface area contributed by atoms with Gasteiger partial charge in [0.15, 0.2) is 11.6 Å².